The van der Waals surface area contributed by atoms with Crippen molar-refractivity contribution in [3.8, 4) is 0 Å². The number of nitrogens with one attached hydrogen (secondary N) is 2. The van der Waals surface area contributed by atoms with Crippen molar-refractivity contribution in [2.45, 2.75) is 33.6 Å². The number of carbonyl (C=O) groups is 3. The van der Waals surface area contributed by atoms with Crippen LogP contribution in [0.2, 0.25) is 0 Å². The second kappa shape index (κ2) is 8.03. The van der Waals surface area contributed by atoms with Gasteiger partial charge in [0.05, 0.1) is 16.7 Å². The molecule has 0 atom stereocenters. The summed E-state index contributed by atoms with van der Waals surface area (Å²) >= 11 is 0. The number of hydrogen-bond donors (Lipinski definition) is 3. The van der Waals surface area contributed by atoms with Crippen molar-refractivity contribution in [2.75, 3.05) is 25.0 Å². The lowest BCUT2D eigenvalue weighted by Gasteiger charge is -2.30. The number of aromatic nitrogens is 1. The quantitative estimate of drug-likeness (QED) is 0.641. The highest BCUT2D eigenvalue weighted by atomic mass is 16.4. The summed E-state index contributed by atoms with van der Waals surface area (Å²) in [6.07, 6.45) is 3.90. The average molecular weight is 422 g/mol. The predicted octanol–water partition coefficient (Wildman–Crippen LogP) is 3.30. The van der Waals surface area contributed by atoms with Crippen LogP contribution in [0.25, 0.3) is 11.6 Å². The topological polar surface area (TPSA) is 106 Å². The molecule has 0 saturated carbocycles. The summed E-state index contributed by atoms with van der Waals surface area (Å²) in [6.45, 7) is 8.08. The molecule has 0 radical (unpaired) electrons. The smallest absolute Gasteiger partial charge is 0.335 e. The maximum atomic E-state index is 13.3. The Balaban J connectivity index is 1.70. The lowest BCUT2D eigenvalue weighted by Crippen LogP contribution is -2.45. The van der Waals surface area contributed by atoms with Gasteiger partial charge in [-0.1, -0.05) is 6.07 Å². The number of anilines is 1. The molecule has 2 aromatic rings. The number of carboxylic acid groups (broad SMARTS) is 1. The van der Waals surface area contributed by atoms with E-state index in [2.05, 4.69) is 15.3 Å². The maximum absolute atomic E-state index is 13.3. The van der Waals surface area contributed by atoms with Gasteiger partial charge < -0.3 is 15.4 Å². The first kappa shape index (κ1) is 20.9. The molecule has 3 heterocycles. The molecule has 4 rings (SSSR count). The van der Waals surface area contributed by atoms with E-state index in [9.17, 15) is 19.5 Å². The first-order valence-electron chi connectivity index (χ1n) is 10.5. The molecule has 2 aliphatic heterocycles. The van der Waals surface area contributed by atoms with Crippen LogP contribution in [-0.4, -0.2) is 57.5 Å². The maximum Gasteiger partial charge on any atom is 0.335 e. The van der Waals surface area contributed by atoms with Gasteiger partial charge in [0.25, 0.3) is 11.8 Å². The van der Waals surface area contributed by atoms with Crippen molar-refractivity contribution in [3.05, 3.63) is 51.8 Å². The number of nitrogens with zero attached hydrogens (tertiary/aromatic N) is 2. The Labute approximate surface area is 180 Å². The molecule has 3 N–H and O–H groups in total. The summed E-state index contributed by atoms with van der Waals surface area (Å²) in [5.41, 5.74) is 4.52. The Morgan fingerprint density at radius 1 is 1.23 bits per heavy atom. The number of aromatic carboxylic acids is 1. The number of carboxylic acids is 1. The lowest BCUT2D eigenvalue weighted by atomic mass is 10.0. The minimum absolute atomic E-state index is 0.0392. The second-order valence-electron chi connectivity index (χ2n) is 7.92. The molecule has 0 aliphatic carbocycles. The SMILES string of the molecule is CCN(C(=O)c1c(C)[nH]c(C=C2C(=O)Nc3cc(C(=O)O)ccc32)c1C)N1CCCC1. The molecule has 1 fully saturated rings. The number of hydrazine groups is 1. The molecule has 31 heavy (non-hydrogen) atoms. The Morgan fingerprint density at radius 3 is 2.58 bits per heavy atom. The average Bonchev–Trinajstić information content (AvgIpc) is 3.42. The summed E-state index contributed by atoms with van der Waals surface area (Å²) in [4.78, 5) is 40.3. The van der Waals surface area contributed by atoms with Crippen molar-refractivity contribution in [1.82, 2.24) is 15.0 Å². The third kappa shape index (κ3) is 3.63. The number of fused-ring (bicyclic) bond motifs is 1. The molecule has 1 aromatic carbocycles. The third-order valence-electron chi connectivity index (χ3n) is 5.99. The fraction of sp³-hybridized carbons (Fsp3) is 0.348. The van der Waals surface area contributed by atoms with Gasteiger partial charge in [-0.2, -0.15) is 0 Å². The Kier molecular flexibility index (Phi) is 5.41. The summed E-state index contributed by atoms with van der Waals surface area (Å²) < 4.78 is 0. The number of rotatable bonds is 5. The van der Waals surface area contributed by atoms with Gasteiger partial charge in [0.15, 0.2) is 0 Å². The summed E-state index contributed by atoms with van der Waals surface area (Å²) in [5.74, 6) is -1.39. The van der Waals surface area contributed by atoms with Gasteiger partial charge in [0.2, 0.25) is 0 Å². The minimum Gasteiger partial charge on any atom is -0.478 e. The summed E-state index contributed by atoms with van der Waals surface area (Å²) in [6, 6.07) is 4.56. The molecule has 1 saturated heterocycles. The van der Waals surface area contributed by atoms with Crippen molar-refractivity contribution in [1.29, 1.82) is 0 Å². The predicted molar refractivity (Wildman–Crippen MR) is 118 cm³/mol. The molecule has 8 heteroatoms. The molecule has 0 unspecified atom stereocenters. The molecule has 0 bridgehead atoms. The highest BCUT2D eigenvalue weighted by molar-refractivity contribution is 6.35. The molecule has 8 nitrogen and oxygen atoms in total. The summed E-state index contributed by atoms with van der Waals surface area (Å²) in [5, 5.41) is 15.8. The number of amides is 2. The molecule has 0 spiro atoms. The largest absolute Gasteiger partial charge is 0.478 e. The highest BCUT2D eigenvalue weighted by Crippen LogP contribution is 2.35. The zero-order chi connectivity index (χ0) is 22.3. The number of carbonyl (C=O) groups excluding carboxylic acids is 2. The fourth-order valence-corrected chi connectivity index (χ4v) is 4.40. The molecule has 2 amide bonds. The van der Waals surface area contributed by atoms with Crippen LogP contribution in [0, 0.1) is 13.8 Å². The minimum atomic E-state index is -1.05. The van der Waals surface area contributed by atoms with Crippen molar-refractivity contribution >= 4 is 35.1 Å². The van der Waals surface area contributed by atoms with Crippen LogP contribution in [0.5, 0.6) is 0 Å². The van der Waals surface area contributed by atoms with E-state index < -0.39 is 5.97 Å². The Hall–Kier alpha value is -3.39. The third-order valence-corrected chi connectivity index (χ3v) is 5.99. The van der Waals surface area contributed by atoms with E-state index >= 15 is 0 Å². The van der Waals surface area contributed by atoms with Gasteiger partial charge in [-0.3, -0.25) is 14.6 Å². The normalized spacial score (nSPS) is 17.1. The van der Waals surface area contributed by atoms with Crippen LogP contribution in [-0.2, 0) is 4.79 Å². The van der Waals surface area contributed by atoms with Gasteiger partial charge in [0.1, 0.15) is 0 Å². The highest BCUT2D eigenvalue weighted by Gasteiger charge is 2.29. The van der Waals surface area contributed by atoms with E-state index in [1.165, 1.54) is 12.1 Å². The van der Waals surface area contributed by atoms with Crippen LogP contribution < -0.4 is 5.32 Å². The molecule has 1 aromatic heterocycles. The van der Waals surface area contributed by atoms with Gasteiger partial charge in [-0.25, -0.2) is 9.80 Å². The Bertz CT molecular complexity index is 1110. The number of aromatic amines is 1. The van der Waals surface area contributed by atoms with E-state index in [4.69, 9.17) is 0 Å². The van der Waals surface area contributed by atoms with Crippen LogP contribution in [0.4, 0.5) is 5.69 Å². The zero-order valence-electron chi connectivity index (χ0n) is 17.9. The molecular weight excluding hydrogens is 396 g/mol. The monoisotopic (exact) mass is 422 g/mol. The van der Waals surface area contributed by atoms with Gasteiger partial charge in [-0.15, -0.1) is 0 Å². The number of benzene rings is 1. The Morgan fingerprint density at radius 2 is 1.94 bits per heavy atom. The van der Waals surface area contributed by atoms with Crippen molar-refractivity contribution in [3.63, 3.8) is 0 Å². The number of aryl methyl sites for hydroxylation is 1. The lowest BCUT2D eigenvalue weighted by molar-refractivity contribution is -0.110. The zero-order valence-corrected chi connectivity index (χ0v) is 17.9. The van der Waals surface area contributed by atoms with E-state index in [0.717, 1.165) is 37.2 Å². The molecular formula is C23H26N4O4. The summed E-state index contributed by atoms with van der Waals surface area (Å²) in [7, 11) is 0. The van der Waals surface area contributed by atoms with Crippen LogP contribution in [0.3, 0.4) is 0 Å². The second-order valence-corrected chi connectivity index (χ2v) is 7.92. The van der Waals surface area contributed by atoms with Crippen LogP contribution in [0.15, 0.2) is 18.2 Å². The van der Waals surface area contributed by atoms with Gasteiger partial charge in [-0.05, 0) is 57.4 Å². The van der Waals surface area contributed by atoms with Crippen LogP contribution >= 0.6 is 0 Å². The number of hydrogen-bond acceptors (Lipinski definition) is 4. The molecule has 2 aliphatic rings. The first-order chi connectivity index (χ1) is 14.8. The first-order valence-corrected chi connectivity index (χ1v) is 10.5. The van der Waals surface area contributed by atoms with Crippen LogP contribution in [0.1, 0.15) is 63.0 Å². The fourth-order valence-electron chi connectivity index (χ4n) is 4.40. The van der Waals surface area contributed by atoms with Crippen molar-refractivity contribution < 1.29 is 19.5 Å². The molecule has 162 valence electrons. The van der Waals surface area contributed by atoms with E-state index in [0.29, 0.717) is 34.6 Å². The van der Waals surface area contributed by atoms with Gasteiger partial charge in [0, 0.05) is 42.3 Å². The van der Waals surface area contributed by atoms with Crippen molar-refractivity contribution in [2.24, 2.45) is 0 Å². The standard InChI is InChI=1S/C23H26N4O4/c1-4-27(26-9-5-6-10-26)22(29)20-13(2)18(24-14(20)3)12-17-16-8-7-15(23(30)31)11-19(16)25-21(17)28/h7-8,11-12,24H,4-6,9-10H2,1-3H3,(H,25,28)(H,30,31). The van der Waals surface area contributed by atoms with Gasteiger partial charge >= 0.3 is 5.97 Å². The van der Waals surface area contributed by atoms with E-state index in [1.807, 2.05) is 20.8 Å². The number of H-pyrrole nitrogens is 1. The van der Waals surface area contributed by atoms with E-state index in [-0.39, 0.29) is 17.4 Å². The van der Waals surface area contributed by atoms with E-state index in [1.54, 1.807) is 17.2 Å².